The van der Waals surface area contributed by atoms with Crippen LogP contribution >= 0.6 is 10.6 Å². The van der Waals surface area contributed by atoms with E-state index in [9.17, 15) is 27.4 Å². The molecule has 1 aliphatic rings. The second kappa shape index (κ2) is 6.48. The molecule has 2 aromatic rings. The molecule has 0 aliphatic carbocycles. The topological polar surface area (TPSA) is 93.7 Å². The zero-order valence-electron chi connectivity index (χ0n) is 13.4. The predicted molar refractivity (Wildman–Crippen MR) is 88.1 cm³/mol. The van der Waals surface area contributed by atoms with E-state index in [1.807, 2.05) is 0 Å². The number of fused-ring (bicyclic) bond motifs is 1. The van der Waals surface area contributed by atoms with Crippen LogP contribution in [0.3, 0.4) is 0 Å². The highest BCUT2D eigenvalue weighted by Crippen LogP contribution is 2.65. The van der Waals surface area contributed by atoms with E-state index in [1.54, 1.807) is 6.07 Å². The molecule has 2 aromatic carbocycles. The summed E-state index contributed by atoms with van der Waals surface area (Å²) in [6.07, 6.45) is -4.59. The van der Waals surface area contributed by atoms with Gasteiger partial charge >= 0.3 is 0 Å². The Labute approximate surface area is 148 Å². The monoisotopic (exact) mass is 385 g/mol. The normalized spacial score (nSPS) is 22.0. The van der Waals surface area contributed by atoms with Crippen molar-refractivity contribution in [2.75, 3.05) is 0 Å². The molecule has 0 bridgehead atoms. The molecular weight excluding hydrogens is 371 g/mol. The number of aliphatic hydroxyl groups is 1. The van der Waals surface area contributed by atoms with Gasteiger partial charge < -0.3 is 9.84 Å². The zero-order valence-corrected chi connectivity index (χ0v) is 14.2. The number of hydrogen-bond acceptors (Lipinski definition) is 5. The molecule has 0 saturated carbocycles. The average molecular weight is 385 g/mol. The molecule has 9 heteroatoms. The molecule has 0 fully saturated rings. The van der Waals surface area contributed by atoms with Crippen LogP contribution in [0.25, 0.3) is 0 Å². The lowest BCUT2D eigenvalue weighted by molar-refractivity contribution is 0.133. The highest BCUT2D eigenvalue weighted by Gasteiger charge is 2.45. The number of aliphatic hydroxyl groups excluding tert-OH is 1. The van der Waals surface area contributed by atoms with E-state index >= 15 is 0 Å². The van der Waals surface area contributed by atoms with E-state index in [-0.39, 0.29) is 27.5 Å². The van der Waals surface area contributed by atoms with Gasteiger partial charge in [-0.05, 0) is 31.2 Å². The van der Waals surface area contributed by atoms with Gasteiger partial charge in [0, 0.05) is 11.6 Å². The van der Waals surface area contributed by atoms with E-state index < -0.39 is 39.7 Å². The largest absolute Gasteiger partial charge is 0.457 e. The van der Waals surface area contributed by atoms with Gasteiger partial charge in [-0.25, -0.2) is 13.2 Å². The van der Waals surface area contributed by atoms with Crippen molar-refractivity contribution in [2.45, 2.75) is 29.6 Å². The van der Waals surface area contributed by atoms with Crippen LogP contribution in [0.1, 0.15) is 36.1 Å². The Balaban J connectivity index is 2.14. The molecule has 1 heterocycles. The van der Waals surface area contributed by atoms with Crippen molar-refractivity contribution in [3.63, 3.8) is 0 Å². The molecule has 138 valence electrons. The Bertz CT molecular complexity index is 914. The summed E-state index contributed by atoms with van der Waals surface area (Å²) in [5, 5.41) is 18.1. The minimum atomic E-state index is -3.44. The van der Waals surface area contributed by atoms with Crippen LogP contribution in [-0.2, 0) is 0 Å². The van der Waals surface area contributed by atoms with Crippen molar-refractivity contribution in [3.8, 4) is 17.6 Å². The maximum atomic E-state index is 13.7. The fraction of sp³-hybridized carbons (Fsp3) is 0.235. The van der Waals surface area contributed by atoms with Gasteiger partial charge in [0.1, 0.15) is 23.4 Å². The van der Waals surface area contributed by atoms with E-state index in [4.69, 9.17) is 10.00 Å². The quantitative estimate of drug-likeness (QED) is 0.693. The molecule has 0 spiro atoms. The van der Waals surface area contributed by atoms with Crippen LogP contribution in [0.15, 0.2) is 35.2 Å². The molecule has 0 radical (unpaired) electrons. The second-order valence-electron chi connectivity index (χ2n) is 5.82. The molecular formula is C17H14F3NO4S. The summed E-state index contributed by atoms with van der Waals surface area (Å²) in [6.45, 7) is 1.35. The molecule has 0 amide bonds. The summed E-state index contributed by atoms with van der Waals surface area (Å²) in [5.74, 6) is -1.31. The smallest absolute Gasteiger partial charge is 0.267 e. The Morgan fingerprint density at radius 2 is 1.92 bits per heavy atom. The van der Waals surface area contributed by atoms with Crippen LogP contribution in [0.4, 0.5) is 13.2 Å². The first-order chi connectivity index (χ1) is 12.2. The molecule has 0 saturated heterocycles. The number of nitrogens with zero attached hydrogens (tertiary/aromatic N) is 1. The third-order valence-electron chi connectivity index (χ3n) is 4.24. The molecule has 3 rings (SSSR count). The second-order valence-corrected chi connectivity index (χ2v) is 8.19. The average Bonchev–Trinajstić information content (AvgIpc) is 2.74. The number of rotatable bonds is 3. The van der Waals surface area contributed by atoms with E-state index in [0.29, 0.717) is 0 Å². The van der Waals surface area contributed by atoms with Crippen molar-refractivity contribution in [3.05, 3.63) is 52.8 Å². The first-order valence-electron chi connectivity index (χ1n) is 7.45. The summed E-state index contributed by atoms with van der Waals surface area (Å²) in [4.78, 5) is -0.155. The minimum absolute atomic E-state index is 0.0532. The van der Waals surface area contributed by atoms with Gasteiger partial charge in [0.25, 0.3) is 6.43 Å². The Hall–Kier alpha value is -2.25. The van der Waals surface area contributed by atoms with Gasteiger partial charge in [-0.2, -0.15) is 15.9 Å². The molecule has 5 nitrogen and oxygen atoms in total. The van der Waals surface area contributed by atoms with Gasteiger partial charge in [0.15, 0.2) is 0 Å². The molecule has 26 heavy (non-hydrogen) atoms. The molecule has 3 N–H and O–H groups in total. The van der Waals surface area contributed by atoms with Crippen molar-refractivity contribution in [1.82, 2.24) is 0 Å². The maximum absolute atomic E-state index is 13.7. The van der Waals surface area contributed by atoms with Crippen LogP contribution in [0.2, 0.25) is 0 Å². The molecule has 2 unspecified atom stereocenters. The van der Waals surface area contributed by atoms with E-state index in [2.05, 4.69) is 0 Å². The molecule has 1 aliphatic heterocycles. The summed E-state index contributed by atoms with van der Waals surface area (Å²) in [6, 6.07) is 7.10. The fourth-order valence-electron chi connectivity index (χ4n) is 2.91. The number of benzene rings is 2. The van der Waals surface area contributed by atoms with E-state index in [0.717, 1.165) is 18.2 Å². The van der Waals surface area contributed by atoms with Crippen LogP contribution < -0.4 is 4.74 Å². The van der Waals surface area contributed by atoms with E-state index in [1.165, 1.54) is 19.1 Å². The highest BCUT2D eigenvalue weighted by molar-refractivity contribution is 8.25. The summed E-state index contributed by atoms with van der Waals surface area (Å²) >= 11 is 0. The lowest BCUT2D eigenvalue weighted by Gasteiger charge is -2.33. The van der Waals surface area contributed by atoms with Gasteiger partial charge in [-0.3, -0.25) is 9.11 Å². The Kier molecular flexibility index (Phi) is 4.62. The fourth-order valence-corrected chi connectivity index (χ4v) is 4.62. The third kappa shape index (κ3) is 2.91. The standard InChI is InChI=1S/C17H14F3NO4S/c1-8-16(22)15-13(26(8,23)24)3-2-12(14(15)17(19)20)25-11-5-9(7-21)4-10(18)6-11/h2-6,8,16-17,22-24H,1H3. The lowest BCUT2D eigenvalue weighted by atomic mass is 10.00. The zero-order chi connectivity index (χ0) is 19.2. The first kappa shape index (κ1) is 18.5. The minimum Gasteiger partial charge on any atom is -0.457 e. The van der Waals surface area contributed by atoms with Crippen LogP contribution in [0, 0.1) is 17.1 Å². The molecule has 0 aromatic heterocycles. The number of alkyl halides is 2. The highest BCUT2D eigenvalue weighted by atomic mass is 32.3. The SMILES string of the molecule is CC1C(O)c2c(ccc(Oc3cc(F)cc(C#N)c3)c2C(F)F)S1(O)O. The van der Waals surface area contributed by atoms with Gasteiger partial charge in [0.05, 0.1) is 27.3 Å². The van der Waals surface area contributed by atoms with Crippen molar-refractivity contribution >= 4 is 10.6 Å². The van der Waals surface area contributed by atoms with Gasteiger partial charge in [-0.15, -0.1) is 0 Å². The Morgan fingerprint density at radius 3 is 2.54 bits per heavy atom. The lowest BCUT2D eigenvalue weighted by Crippen LogP contribution is -2.14. The predicted octanol–water partition coefficient (Wildman–Crippen LogP) is 4.97. The first-order valence-corrected chi connectivity index (χ1v) is 9.06. The number of hydrogen-bond donors (Lipinski definition) is 3. The Morgan fingerprint density at radius 1 is 1.23 bits per heavy atom. The van der Waals surface area contributed by atoms with Crippen molar-refractivity contribution in [2.24, 2.45) is 0 Å². The maximum Gasteiger partial charge on any atom is 0.267 e. The number of nitriles is 1. The third-order valence-corrected chi connectivity index (χ3v) is 6.53. The van der Waals surface area contributed by atoms with Gasteiger partial charge in [-0.1, -0.05) is 0 Å². The van der Waals surface area contributed by atoms with Crippen molar-refractivity contribution < 1.29 is 32.1 Å². The van der Waals surface area contributed by atoms with Crippen LogP contribution in [0.5, 0.6) is 11.5 Å². The number of ether oxygens (including phenoxy) is 1. The number of halogens is 3. The molecule has 2 atom stereocenters. The summed E-state index contributed by atoms with van der Waals surface area (Å²) in [7, 11) is -3.44. The van der Waals surface area contributed by atoms with Gasteiger partial charge in [0.2, 0.25) is 0 Å². The summed E-state index contributed by atoms with van der Waals surface area (Å²) in [5.41, 5.74) is -1.04. The van der Waals surface area contributed by atoms with Crippen molar-refractivity contribution in [1.29, 1.82) is 5.26 Å². The summed E-state index contributed by atoms with van der Waals surface area (Å²) < 4.78 is 66.6. The van der Waals surface area contributed by atoms with Crippen LogP contribution in [-0.4, -0.2) is 19.5 Å².